The number of primary amides is 1. The summed E-state index contributed by atoms with van der Waals surface area (Å²) in [6, 6.07) is 10.7. The van der Waals surface area contributed by atoms with Crippen LogP contribution in [0, 0.1) is 11.6 Å². The van der Waals surface area contributed by atoms with Crippen molar-refractivity contribution in [1.82, 2.24) is 0 Å². The minimum Gasteiger partial charge on any atom is -0.370 e. The molecule has 1 unspecified atom stereocenters. The lowest BCUT2D eigenvalue weighted by Crippen LogP contribution is -2.29. The average molecular weight is 262 g/mol. The number of nitrogens with one attached hydrogen (secondary N) is 1. The van der Waals surface area contributed by atoms with Crippen LogP contribution in [0.5, 0.6) is 0 Å². The van der Waals surface area contributed by atoms with Crippen LogP contribution in [0.25, 0.3) is 0 Å². The van der Waals surface area contributed by atoms with Crippen LogP contribution >= 0.6 is 0 Å². The Hall–Kier alpha value is -2.43. The summed E-state index contributed by atoms with van der Waals surface area (Å²) in [7, 11) is 0. The van der Waals surface area contributed by atoms with Crippen molar-refractivity contribution in [2.75, 3.05) is 5.32 Å². The van der Waals surface area contributed by atoms with Crippen molar-refractivity contribution in [3.05, 3.63) is 65.7 Å². The van der Waals surface area contributed by atoms with Gasteiger partial charge in [0.15, 0.2) is 0 Å². The fourth-order valence-electron chi connectivity index (χ4n) is 1.77. The molecule has 98 valence electrons. The molecule has 0 saturated carbocycles. The lowest BCUT2D eigenvalue weighted by atomic mass is 10.0. The highest BCUT2D eigenvalue weighted by molar-refractivity contribution is 5.84. The largest absolute Gasteiger partial charge is 0.370 e. The topological polar surface area (TPSA) is 55.1 Å². The molecular weight excluding hydrogens is 250 g/mol. The second-order valence-electron chi connectivity index (χ2n) is 3.98. The summed E-state index contributed by atoms with van der Waals surface area (Å²) in [5.41, 5.74) is 5.39. The standard InChI is InChI=1S/C14H12F2N2O/c15-10-7-4-8-11(16)12(10)13(14(17)19)18-9-5-2-1-3-6-9/h1-8,13,18H,(H2,17,19). The van der Waals surface area contributed by atoms with Gasteiger partial charge in [0.25, 0.3) is 0 Å². The second-order valence-corrected chi connectivity index (χ2v) is 3.98. The van der Waals surface area contributed by atoms with E-state index in [4.69, 9.17) is 5.73 Å². The third kappa shape index (κ3) is 2.88. The van der Waals surface area contributed by atoms with E-state index in [9.17, 15) is 13.6 Å². The zero-order valence-electron chi connectivity index (χ0n) is 9.94. The second kappa shape index (κ2) is 5.48. The Morgan fingerprint density at radius 3 is 2.11 bits per heavy atom. The van der Waals surface area contributed by atoms with Crippen LogP contribution in [0.1, 0.15) is 11.6 Å². The molecule has 0 heterocycles. The third-order valence-electron chi connectivity index (χ3n) is 2.66. The van der Waals surface area contributed by atoms with E-state index in [1.165, 1.54) is 6.07 Å². The van der Waals surface area contributed by atoms with Gasteiger partial charge in [-0.3, -0.25) is 4.79 Å². The molecule has 2 rings (SSSR count). The minimum atomic E-state index is -1.26. The summed E-state index contributed by atoms with van der Waals surface area (Å²) in [6.45, 7) is 0. The van der Waals surface area contributed by atoms with Gasteiger partial charge in [0.05, 0.1) is 5.56 Å². The maximum Gasteiger partial charge on any atom is 0.244 e. The Labute approximate surface area is 109 Å². The number of rotatable bonds is 4. The first-order chi connectivity index (χ1) is 9.09. The summed E-state index contributed by atoms with van der Waals surface area (Å²) in [5, 5.41) is 2.72. The molecule has 5 heteroatoms. The highest BCUT2D eigenvalue weighted by Gasteiger charge is 2.24. The van der Waals surface area contributed by atoms with Gasteiger partial charge in [-0.2, -0.15) is 0 Å². The van der Waals surface area contributed by atoms with Crippen molar-refractivity contribution in [1.29, 1.82) is 0 Å². The number of hydrogen-bond donors (Lipinski definition) is 2. The smallest absolute Gasteiger partial charge is 0.244 e. The molecule has 2 aromatic carbocycles. The van der Waals surface area contributed by atoms with E-state index < -0.39 is 23.6 Å². The number of nitrogens with two attached hydrogens (primary N) is 1. The normalized spacial score (nSPS) is 11.9. The molecular formula is C14H12F2N2O. The van der Waals surface area contributed by atoms with Crippen LogP contribution in [0.2, 0.25) is 0 Å². The minimum absolute atomic E-state index is 0.376. The van der Waals surface area contributed by atoms with Crippen LogP contribution in [0.15, 0.2) is 48.5 Å². The molecule has 0 aliphatic rings. The van der Waals surface area contributed by atoms with E-state index in [0.717, 1.165) is 12.1 Å². The predicted molar refractivity (Wildman–Crippen MR) is 68.4 cm³/mol. The van der Waals surface area contributed by atoms with Gasteiger partial charge in [-0.1, -0.05) is 24.3 Å². The first kappa shape index (κ1) is 13.0. The maximum atomic E-state index is 13.7. The van der Waals surface area contributed by atoms with Crippen molar-refractivity contribution in [2.24, 2.45) is 5.73 Å². The van der Waals surface area contributed by atoms with E-state index in [1.54, 1.807) is 30.3 Å². The molecule has 1 amide bonds. The van der Waals surface area contributed by atoms with E-state index in [2.05, 4.69) is 5.32 Å². The van der Waals surface area contributed by atoms with Crippen molar-refractivity contribution in [3.63, 3.8) is 0 Å². The number of carbonyl (C=O) groups is 1. The lowest BCUT2D eigenvalue weighted by Gasteiger charge is -2.18. The molecule has 0 aromatic heterocycles. The van der Waals surface area contributed by atoms with Gasteiger partial charge in [0.2, 0.25) is 5.91 Å². The Morgan fingerprint density at radius 1 is 1.00 bits per heavy atom. The fraction of sp³-hybridized carbons (Fsp3) is 0.0714. The summed E-state index contributed by atoms with van der Waals surface area (Å²) < 4.78 is 27.4. The highest BCUT2D eigenvalue weighted by atomic mass is 19.1. The zero-order chi connectivity index (χ0) is 13.8. The number of para-hydroxylation sites is 1. The number of anilines is 1. The summed E-state index contributed by atoms with van der Waals surface area (Å²) in [6.07, 6.45) is 0. The number of carbonyl (C=O) groups excluding carboxylic acids is 1. The summed E-state index contributed by atoms with van der Waals surface area (Å²) >= 11 is 0. The van der Waals surface area contributed by atoms with Crippen LogP contribution in [-0.2, 0) is 4.79 Å². The Kier molecular flexibility index (Phi) is 3.75. The Morgan fingerprint density at radius 2 is 1.58 bits per heavy atom. The van der Waals surface area contributed by atoms with Gasteiger partial charge in [0, 0.05) is 5.69 Å². The maximum absolute atomic E-state index is 13.7. The van der Waals surface area contributed by atoms with Gasteiger partial charge >= 0.3 is 0 Å². The third-order valence-corrected chi connectivity index (χ3v) is 2.66. The molecule has 0 aliphatic carbocycles. The van der Waals surface area contributed by atoms with E-state index in [1.807, 2.05) is 0 Å². The van der Waals surface area contributed by atoms with Gasteiger partial charge < -0.3 is 11.1 Å². The first-order valence-electron chi connectivity index (χ1n) is 5.64. The monoisotopic (exact) mass is 262 g/mol. The van der Waals surface area contributed by atoms with E-state index in [-0.39, 0.29) is 5.56 Å². The van der Waals surface area contributed by atoms with Gasteiger partial charge in [-0.15, -0.1) is 0 Å². The summed E-state index contributed by atoms with van der Waals surface area (Å²) in [4.78, 5) is 11.4. The van der Waals surface area contributed by atoms with Crippen molar-refractivity contribution >= 4 is 11.6 Å². The van der Waals surface area contributed by atoms with Crippen molar-refractivity contribution in [3.8, 4) is 0 Å². The average Bonchev–Trinajstić information content (AvgIpc) is 2.38. The number of amides is 1. The van der Waals surface area contributed by atoms with E-state index in [0.29, 0.717) is 5.69 Å². The molecule has 19 heavy (non-hydrogen) atoms. The number of hydrogen-bond acceptors (Lipinski definition) is 2. The number of benzene rings is 2. The quantitative estimate of drug-likeness (QED) is 0.889. The Balaban J connectivity index is 2.39. The SMILES string of the molecule is NC(=O)C(Nc1ccccc1)c1c(F)cccc1F. The van der Waals surface area contributed by atoms with Gasteiger partial charge in [-0.05, 0) is 24.3 Å². The molecule has 0 spiro atoms. The van der Waals surface area contributed by atoms with Crippen molar-refractivity contribution in [2.45, 2.75) is 6.04 Å². The van der Waals surface area contributed by atoms with Gasteiger partial charge in [-0.25, -0.2) is 8.78 Å². The molecule has 3 N–H and O–H groups in total. The fourth-order valence-corrected chi connectivity index (χ4v) is 1.77. The lowest BCUT2D eigenvalue weighted by molar-refractivity contribution is -0.119. The molecule has 0 fully saturated rings. The molecule has 0 radical (unpaired) electrons. The first-order valence-corrected chi connectivity index (χ1v) is 5.64. The molecule has 1 atom stereocenters. The molecule has 3 nitrogen and oxygen atoms in total. The highest BCUT2D eigenvalue weighted by Crippen LogP contribution is 2.24. The molecule has 0 saturated heterocycles. The van der Waals surface area contributed by atoms with Crippen molar-refractivity contribution < 1.29 is 13.6 Å². The van der Waals surface area contributed by atoms with Crippen LogP contribution in [0.3, 0.4) is 0 Å². The molecule has 2 aromatic rings. The number of halogens is 2. The van der Waals surface area contributed by atoms with Crippen LogP contribution < -0.4 is 11.1 Å². The molecule has 0 bridgehead atoms. The molecule has 0 aliphatic heterocycles. The van der Waals surface area contributed by atoms with Crippen LogP contribution in [-0.4, -0.2) is 5.91 Å². The Bertz CT molecular complexity index is 567. The summed E-state index contributed by atoms with van der Waals surface area (Å²) in [5.74, 6) is -2.48. The van der Waals surface area contributed by atoms with E-state index >= 15 is 0 Å². The predicted octanol–water partition coefficient (Wildman–Crippen LogP) is 2.60. The van der Waals surface area contributed by atoms with Crippen LogP contribution in [0.4, 0.5) is 14.5 Å². The van der Waals surface area contributed by atoms with Gasteiger partial charge in [0.1, 0.15) is 17.7 Å². The zero-order valence-corrected chi connectivity index (χ0v) is 9.94.